The first-order chi connectivity index (χ1) is 14.6. The SMILES string of the molecule is CCCCc1noc(C(C)Sc2nc3ccccc3c(=O)n2-c2cc(C)ccn2)n1. The number of pyridine rings is 1. The zero-order valence-corrected chi connectivity index (χ0v) is 18.0. The highest BCUT2D eigenvalue weighted by Crippen LogP contribution is 2.34. The number of aryl methyl sites for hydroxylation is 2. The summed E-state index contributed by atoms with van der Waals surface area (Å²) in [6.07, 6.45) is 4.59. The molecule has 8 heteroatoms. The molecule has 0 saturated heterocycles. The van der Waals surface area contributed by atoms with Gasteiger partial charge in [-0.25, -0.2) is 14.5 Å². The lowest BCUT2D eigenvalue weighted by Crippen LogP contribution is -2.23. The number of hydrogen-bond donors (Lipinski definition) is 0. The van der Waals surface area contributed by atoms with Crippen LogP contribution in [0.5, 0.6) is 0 Å². The van der Waals surface area contributed by atoms with Gasteiger partial charge in [0.05, 0.1) is 16.2 Å². The molecule has 1 aromatic carbocycles. The lowest BCUT2D eigenvalue weighted by atomic mass is 10.2. The number of aromatic nitrogens is 5. The van der Waals surface area contributed by atoms with Gasteiger partial charge < -0.3 is 4.52 Å². The molecule has 1 unspecified atom stereocenters. The first-order valence-corrected chi connectivity index (χ1v) is 10.9. The van der Waals surface area contributed by atoms with E-state index in [9.17, 15) is 4.79 Å². The molecule has 0 aliphatic carbocycles. The summed E-state index contributed by atoms with van der Waals surface area (Å²) in [6, 6.07) is 11.1. The number of nitrogens with zero attached hydrogens (tertiary/aromatic N) is 5. The summed E-state index contributed by atoms with van der Waals surface area (Å²) in [4.78, 5) is 27.0. The molecule has 4 rings (SSSR count). The van der Waals surface area contributed by atoms with Gasteiger partial charge in [0, 0.05) is 12.6 Å². The van der Waals surface area contributed by atoms with Crippen molar-refractivity contribution in [2.75, 3.05) is 0 Å². The van der Waals surface area contributed by atoms with Crippen molar-refractivity contribution >= 4 is 22.7 Å². The van der Waals surface area contributed by atoms with Crippen LogP contribution >= 0.6 is 11.8 Å². The van der Waals surface area contributed by atoms with E-state index in [2.05, 4.69) is 22.0 Å². The van der Waals surface area contributed by atoms with E-state index < -0.39 is 0 Å². The van der Waals surface area contributed by atoms with E-state index in [1.54, 1.807) is 16.8 Å². The van der Waals surface area contributed by atoms with Crippen molar-refractivity contribution in [1.29, 1.82) is 0 Å². The number of unbranched alkanes of at least 4 members (excludes halogenated alkanes) is 1. The third-order valence-electron chi connectivity index (χ3n) is 4.74. The van der Waals surface area contributed by atoms with E-state index in [1.807, 2.05) is 44.2 Å². The summed E-state index contributed by atoms with van der Waals surface area (Å²) < 4.78 is 7.03. The molecular weight excluding hydrogens is 398 g/mol. The maximum atomic E-state index is 13.3. The molecule has 154 valence electrons. The van der Waals surface area contributed by atoms with Crippen molar-refractivity contribution in [3.63, 3.8) is 0 Å². The summed E-state index contributed by atoms with van der Waals surface area (Å²) in [7, 11) is 0. The van der Waals surface area contributed by atoms with Crippen molar-refractivity contribution in [3.05, 3.63) is 70.2 Å². The quantitative estimate of drug-likeness (QED) is 0.317. The molecule has 0 N–H and O–H groups in total. The largest absolute Gasteiger partial charge is 0.338 e. The summed E-state index contributed by atoms with van der Waals surface area (Å²) in [5.74, 6) is 1.78. The predicted octanol–water partition coefficient (Wildman–Crippen LogP) is 4.67. The van der Waals surface area contributed by atoms with Crippen molar-refractivity contribution < 1.29 is 4.52 Å². The van der Waals surface area contributed by atoms with Crippen LogP contribution in [0.1, 0.15) is 49.2 Å². The van der Waals surface area contributed by atoms with Crippen molar-refractivity contribution in [2.45, 2.75) is 50.4 Å². The minimum absolute atomic E-state index is 0.150. The first-order valence-electron chi connectivity index (χ1n) is 10.0. The Balaban J connectivity index is 1.76. The van der Waals surface area contributed by atoms with Gasteiger partial charge >= 0.3 is 0 Å². The van der Waals surface area contributed by atoms with Crippen molar-refractivity contribution in [3.8, 4) is 5.82 Å². The second-order valence-corrected chi connectivity index (χ2v) is 8.46. The maximum Gasteiger partial charge on any atom is 0.267 e. The molecule has 0 spiro atoms. The van der Waals surface area contributed by atoms with E-state index >= 15 is 0 Å². The number of para-hydroxylation sites is 1. The summed E-state index contributed by atoms with van der Waals surface area (Å²) >= 11 is 1.41. The van der Waals surface area contributed by atoms with Crippen LogP contribution in [0.3, 0.4) is 0 Å². The fourth-order valence-electron chi connectivity index (χ4n) is 3.11. The van der Waals surface area contributed by atoms with Crippen LogP contribution in [0.2, 0.25) is 0 Å². The van der Waals surface area contributed by atoms with Crippen molar-refractivity contribution in [2.24, 2.45) is 0 Å². The van der Waals surface area contributed by atoms with Gasteiger partial charge in [0.15, 0.2) is 11.0 Å². The average molecular weight is 422 g/mol. The normalized spacial score (nSPS) is 12.4. The Morgan fingerprint density at radius 1 is 1.20 bits per heavy atom. The predicted molar refractivity (Wildman–Crippen MR) is 117 cm³/mol. The highest BCUT2D eigenvalue weighted by Gasteiger charge is 2.21. The minimum Gasteiger partial charge on any atom is -0.338 e. The Morgan fingerprint density at radius 3 is 2.83 bits per heavy atom. The van der Waals surface area contributed by atoms with Crippen LogP contribution in [-0.4, -0.2) is 24.7 Å². The highest BCUT2D eigenvalue weighted by atomic mass is 32.2. The second kappa shape index (κ2) is 8.79. The molecule has 0 bridgehead atoms. The Morgan fingerprint density at radius 2 is 2.03 bits per heavy atom. The zero-order valence-electron chi connectivity index (χ0n) is 17.2. The molecule has 3 heterocycles. The van der Waals surface area contributed by atoms with Crippen LogP contribution < -0.4 is 5.56 Å². The monoisotopic (exact) mass is 421 g/mol. The van der Waals surface area contributed by atoms with Gasteiger partial charge in [0.2, 0.25) is 5.89 Å². The number of hydrogen-bond acceptors (Lipinski definition) is 7. The third kappa shape index (κ3) is 4.14. The molecule has 30 heavy (non-hydrogen) atoms. The first kappa shape index (κ1) is 20.3. The van der Waals surface area contributed by atoms with Gasteiger partial charge in [-0.2, -0.15) is 4.98 Å². The van der Waals surface area contributed by atoms with Gasteiger partial charge in [-0.05, 0) is 50.1 Å². The van der Waals surface area contributed by atoms with E-state index in [4.69, 9.17) is 9.51 Å². The molecule has 0 aliphatic heterocycles. The van der Waals surface area contributed by atoms with Crippen LogP contribution in [0.25, 0.3) is 16.7 Å². The Hall–Kier alpha value is -3.00. The second-order valence-electron chi connectivity index (χ2n) is 7.16. The molecule has 1 atom stereocenters. The number of rotatable bonds is 7. The summed E-state index contributed by atoms with van der Waals surface area (Å²) in [5, 5.41) is 5.00. The lowest BCUT2D eigenvalue weighted by molar-refractivity contribution is 0.374. The van der Waals surface area contributed by atoms with Gasteiger partial charge in [-0.1, -0.05) is 42.4 Å². The fourth-order valence-corrected chi connectivity index (χ4v) is 4.06. The van der Waals surface area contributed by atoms with Gasteiger partial charge in [0.1, 0.15) is 5.82 Å². The maximum absolute atomic E-state index is 13.3. The smallest absolute Gasteiger partial charge is 0.267 e. The number of thioether (sulfide) groups is 1. The Kier molecular flexibility index (Phi) is 5.94. The molecular formula is C22H23N5O2S. The molecule has 0 fully saturated rings. The van der Waals surface area contributed by atoms with Gasteiger partial charge in [0.25, 0.3) is 5.56 Å². The summed E-state index contributed by atoms with van der Waals surface area (Å²) in [5.41, 5.74) is 1.51. The lowest BCUT2D eigenvalue weighted by Gasteiger charge is -2.14. The molecule has 0 amide bonds. The molecule has 0 saturated carbocycles. The van der Waals surface area contributed by atoms with Gasteiger partial charge in [-0.3, -0.25) is 4.79 Å². The van der Waals surface area contributed by atoms with E-state index in [-0.39, 0.29) is 10.8 Å². The standard InChI is InChI=1S/C22H23N5O2S/c1-4-5-10-18-25-20(29-26-18)15(3)30-22-24-17-9-7-6-8-16(17)21(28)27(22)19-13-14(2)11-12-23-19/h6-9,11-13,15H,4-5,10H2,1-3H3. The zero-order chi connectivity index (χ0) is 21.1. The van der Waals surface area contributed by atoms with Crippen LogP contribution in [0.4, 0.5) is 0 Å². The number of benzene rings is 1. The molecule has 7 nitrogen and oxygen atoms in total. The van der Waals surface area contributed by atoms with Crippen molar-refractivity contribution in [1.82, 2.24) is 24.7 Å². The van der Waals surface area contributed by atoms with Crippen LogP contribution in [-0.2, 0) is 6.42 Å². The Bertz CT molecular complexity index is 1230. The van der Waals surface area contributed by atoms with E-state index in [0.29, 0.717) is 33.6 Å². The van der Waals surface area contributed by atoms with Crippen LogP contribution in [0, 0.1) is 6.92 Å². The average Bonchev–Trinajstić information content (AvgIpc) is 3.22. The third-order valence-corrected chi connectivity index (χ3v) is 5.78. The topological polar surface area (TPSA) is 86.7 Å². The molecule has 0 radical (unpaired) electrons. The van der Waals surface area contributed by atoms with E-state index in [1.165, 1.54) is 11.8 Å². The highest BCUT2D eigenvalue weighted by molar-refractivity contribution is 7.99. The fraction of sp³-hybridized carbons (Fsp3) is 0.318. The molecule has 0 aliphatic rings. The number of fused-ring (bicyclic) bond motifs is 1. The minimum atomic E-state index is -0.169. The molecule has 3 aromatic heterocycles. The van der Waals surface area contributed by atoms with Crippen LogP contribution in [0.15, 0.2) is 57.1 Å². The van der Waals surface area contributed by atoms with Gasteiger partial charge in [-0.15, -0.1) is 0 Å². The van der Waals surface area contributed by atoms with E-state index in [0.717, 1.165) is 24.8 Å². The Labute approximate surface area is 178 Å². The molecule has 4 aromatic rings. The summed E-state index contributed by atoms with van der Waals surface area (Å²) in [6.45, 7) is 6.07.